The van der Waals surface area contributed by atoms with Gasteiger partial charge in [-0.05, 0) is 25.7 Å². The van der Waals surface area contributed by atoms with E-state index >= 15 is 0 Å². The summed E-state index contributed by atoms with van der Waals surface area (Å²) < 4.78 is 5.47. The molecule has 19 heavy (non-hydrogen) atoms. The number of amides is 2. The van der Waals surface area contributed by atoms with Crippen LogP contribution in [-0.2, 0) is 9.53 Å². The normalized spacial score (nSPS) is 30.0. The molecule has 3 rings (SSSR count). The summed E-state index contributed by atoms with van der Waals surface area (Å²) >= 11 is 0. The lowest BCUT2D eigenvalue weighted by atomic mass is 9.82. The molecule has 6 heteroatoms. The van der Waals surface area contributed by atoms with E-state index in [-0.39, 0.29) is 17.3 Å². The lowest BCUT2D eigenvalue weighted by molar-refractivity contribution is -0.243. The zero-order valence-electron chi connectivity index (χ0n) is 11.2. The average Bonchev–Trinajstić information content (AvgIpc) is 3.14. The third-order valence-electron chi connectivity index (χ3n) is 4.56. The van der Waals surface area contributed by atoms with Crippen molar-refractivity contribution < 1.29 is 19.5 Å². The minimum Gasteiger partial charge on any atom is -0.438 e. The molecule has 0 bridgehead atoms. The molecule has 6 nitrogen and oxygen atoms in total. The Balaban J connectivity index is 1.82. The lowest BCUT2D eigenvalue weighted by Crippen LogP contribution is -2.62. The monoisotopic (exact) mass is 268 g/mol. The van der Waals surface area contributed by atoms with Crippen molar-refractivity contribution in [1.82, 2.24) is 9.96 Å². The summed E-state index contributed by atoms with van der Waals surface area (Å²) in [6.45, 7) is 0.547. The van der Waals surface area contributed by atoms with Crippen molar-refractivity contribution in [3.05, 3.63) is 0 Å². The molecule has 2 amide bonds. The van der Waals surface area contributed by atoms with Crippen LogP contribution in [0, 0.1) is 11.3 Å². The highest BCUT2D eigenvalue weighted by atomic mass is 16.6. The van der Waals surface area contributed by atoms with Gasteiger partial charge in [-0.3, -0.25) is 10.0 Å². The van der Waals surface area contributed by atoms with Gasteiger partial charge < -0.3 is 9.64 Å². The summed E-state index contributed by atoms with van der Waals surface area (Å²) in [5.74, 6) is -0.297. The van der Waals surface area contributed by atoms with Crippen LogP contribution in [0.15, 0.2) is 0 Å². The number of carbonyl (C=O) groups excluding carboxylic acids is 2. The van der Waals surface area contributed by atoms with Gasteiger partial charge in [0.05, 0.1) is 5.92 Å². The van der Waals surface area contributed by atoms with E-state index in [1.54, 1.807) is 7.05 Å². The maximum Gasteiger partial charge on any atom is 0.346 e. The maximum atomic E-state index is 11.9. The molecule has 1 aliphatic heterocycles. The third-order valence-corrected chi connectivity index (χ3v) is 4.56. The van der Waals surface area contributed by atoms with E-state index in [0.29, 0.717) is 11.6 Å². The van der Waals surface area contributed by atoms with Gasteiger partial charge in [-0.1, -0.05) is 12.8 Å². The SMILES string of the molecule is CN1CC2(CCCC2)C(OC(=O)C2CC2)N(O)C1=O. The first kappa shape index (κ1) is 12.7. The first-order valence-electron chi connectivity index (χ1n) is 6.97. The van der Waals surface area contributed by atoms with Gasteiger partial charge in [0.25, 0.3) is 0 Å². The number of urea groups is 1. The fourth-order valence-corrected chi connectivity index (χ4v) is 3.34. The Hall–Kier alpha value is -1.30. The van der Waals surface area contributed by atoms with Crippen molar-refractivity contribution in [2.45, 2.75) is 44.8 Å². The molecule has 0 aromatic heterocycles. The van der Waals surface area contributed by atoms with Crippen LogP contribution in [0.2, 0.25) is 0 Å². The number of carbonyl (C=O) groups is 2. The topological polar surface area (TPSA) is 70.1 Å². The van der Waals surface area contributed by atoms with Gasteiger partial charge >= 0.3 is 12.0 Å². The fraction of sp³-hybridized carbons (Fsp3) is 0.846. The Kier molecular flexibility index (Phi) is 2.92. The summed E-state index contributed by atoms with van der Waals surface area (Å²) in [5, 5.41) is 10.7. The summed E-state index contributed by atoms with van der Waals surface area (Å²) in [6, 6.07) is -0.494. The van der Waals surface area contributed by atoms with Crippen LogP contribution in [0.5, 0.6) is 0 Å². The van der Waals surface area contributed by atoms with Crippen molar-refractivity contribution in [1.29, 1.82) is 0 Å². The Labute approximate surface area is 112 Å². The zero-order chi connectivity index (χ0) is 13.6. The van der Waals surface area contributed by atoms with Gasteiger partial charge in [-0.25, -0.2) is 4.79 Å². The average molecular weight is 268 g/mol. The largest absolute Gasteiger partial charge is 0.438 e. The molecule has 0 aromatic carbocycles. The summed E-state index contributed by atoms with van der Waals surface area (Å²) in [5.41, 5.74) is -0.304. The molecular weight excluding hydrogens is 248 g/mol. The predicted octanol–water partition coefficient (Wildman–Crippen LogP) is 1.58. The predicted molar refractivity (Wildman–Crippen MR) is 65.2 cm³/mol. The summed E-state index contributed by atoms with van der Waals surface area (Å²) in [7, 11) is 1.67. The molecule has 2 aliphatic carbocycles. The second-order valence-electron chi connectivity index (χ2n) is 6.12. The van der Waals surface area contributed by atoms with Crippen molar-refractivity contribution in [3.63, 3.8) is 0 Å². The number of rotatable bonds is 2. The quantitative estimate of drug-likeness (QED) is 0.610. The van der Waals surface area contributed by atoms with E-state index < -0.39 is 12.3 Å². The number of hydrogen-bond acceptors (Lipinski definition) is 4. The van der Waals surface area contributed by atoms with E-state index in [2.05, 4.69) is 0 Å². The molecule has 106 valence electrons. The van der Waals surface area contributed by atoms with Gasteiger partial charge in [0, 0.05) is 19.0 Å². The fourth-order valence-electron chi connectivity index (χ4n) is 3.34. The standard InChI is InChI=1S/C13H20N2O4/c1-14-8-13(6-2-3-7-13)11(15(18)12(14)17)19-10(16)9-4-5-9/h9,11,18H,2-8H2,1H3. The molecule has 1 unspecified atom stereocenters. The summed E-state index contributed by atoms with van der Waals surface area (Å²) in [6.07, 6.45) is 4.76. The van der Waals surface area contributed by atoms with Crippen LogP contribution in [-0.4, -0.2) is 47.0 Å². The molecule has 2 saturated carbocycles. The molecule has 3 aliphatic rings. The molecule has 1 spiro atoms. The smallest absolute Gasteiger partial charge is 0.346 e. The van der Waals surface area contributed by atoms with E-state index in [1.807, 2.05) is 0 Å². The number of ether oxygens (including phenoxy) is 1. The molecule has 1 N–H and O–H groups in total. The van der Waals surface area contributed by atoms with Gasteiger partial charge in [-0.15, -0.1) is 0 Å². The molecule has 0 aromatic rings. The molecule has 3 fully saturated rings. The first-order chi connectivity index (χ1) is 9.03. The Morgan fingerprint density at radius 2 is 2.00 bits per heavy atom. The first-order valence-corrected chi connectivity index (χ1v) is 6.97. The van der Waals surface area contributed by atoms with E-state index in [0.717, 1.165) is 38.5 Å². The van der Waals surface area contributed by atoms with Crippen molar-refractivity contribution in [2.24, 2.45) is 11.3 Å². The van der Waals surface area contributed by atoms with Gasteiger partial charge in [0.15, 0.2) is 0 Å². The lowest BCUT2D eigenvalue weighted by Gasteiger charge is -2.47. The molecule has 0 radical (unpaired) electrons. The molecule has 1 heterocycles. The van der Waals surface area contributed by atoms with Crippen LogP contribution >= 0.6 is 0 Å². The van der Waals surface area contributed by atoms with Crippen molar-refractivity contribution in [2.75, 3.05) is 13.6 Å². The van der Waals surface area contributed by atoms with Crippen molar-refractivity contribution >= 4 is 12.0 Å². The molecule has 1 saturated heterocycles. The number of hydroxylamine groups is 2. The van der Waals surface area contributed by atoms with Crippen LogP contribution in [0.4, 0.5) is 4.79 Å². The Bertz CT molecular complexity index is 401. The minimum atomic E-state index is -0.813. The highest BCUT2D eigenvalue weighted by Gasteiger charge is 2.54. The van der Waals surface area contributed by atoms with Crippen molar-refractivity contribution in [3.8, 4) is 0 Å². The van der Waals surface area contributed by atoms with E-state index in [4.69, 9.17) is 4.74 Å². The molecular formula is C13H20N2O4. The second kappa shape index (κ2) is 4.37. The second-order valence-corrected chi connectivity index (χ2v) is 6.12. The maximum absolute atomic E-state index is 11.9. The van der Waals surface area contributed by atoms with Gasteiger partial charge in [0.2, 0.25) is 6.23 Å². The Morgan fingerprint density at radius 3 is 2.58 bits per heavy atom. The van der Waals surface area contributed by atoms with Crippen LogP contribution < -0.4 is 0 Å². The van der Waals surface area contributed by atoms with Crippen LogP contribution in [0.1, 0.15) is 38.5 Å². The number of nitrogens with zero attached hydrogens (tertiary/aromatic N) is 2. The van der Waals surface area contributed by atoms with E-state index in [9.17, 15) is 14.8 Å². The van der Waals surface area contributed by atoms with Gasteiger partial charge in [-0.2, -0.15) is 5.06 Å². The molecule has 1 atom stereocenters. The van der Waals surface area contributed by atoms with Gasteiger partial charge in [0.1, 0.15) is 0 Å². The summed E-state index contributed by atoms with van der Waals surface area (Å²) in [4.78, 5) is 25.2. The highest BCUT2D eigenvalue weighted by molar-refractivity contribution is 5.77. The van der Waals surface area contributed by atoms with Crippen LogP contribution in [0.25, 0.3) is 0 Å². The minimum absolute atomic E-state index is 0.0263. The zero-order valence-corrected chi connectivity index (χ0v) is 11.2. The number of hydrogen-bond donors (Lipinski definition) is 1. The van der Waals surface area contributed by atoms with E-state index in [1.165, 1.54) is 4.90 Å². The Morgan fingerprint density at radius 1 is 1.37 bits per heavy atom. The third kappa shape index (κ3) is 2.08. The number of esters is 1. The highest BCUT2D eigenvalue weighted by Crippen LogP contribution is 2.46. The van der Waals surface area contributed by atoms with Crippen LogP contribution in [0.3, 0.4) is 0 Å².